The molecule has 3 aromatic rings. The smallest absolute Gasteiger partial charge is 0.305 e. The molecule has 1 amide bonds. The number of benzene rings is 3. The molecular formula is C25H20F3NO4. The van der Waals surface area contributed by atoms with Crippen molar-refractivity contribution in [3.05, 3.63) is 94.8 Å². The highest BCUT2D eigenvalue weighted by molar-refractivity contribution is 5.95. The van der Waals surface area contributed by atoms with E-state index in [4.69, 9.17) is 9.47 Å². The van der Waals surface area contributed by atoms with Gasteiger partial charge in [0.25, 0.3) is 5.91 Å². The largest absolute Gasteiger partial charge is 0.440 e. The Morgan fingerprint density at radius 3 is 2.03 bits per heavy atom. The molecule has 1 saturated heterocycles. The topological polar surface area (TPSA) is 59.0 Å². The van der Waals surface area contributed by atoms with Crippen molar-refractivity contribution in [1.82, 2.24) is 4.90 Å². The molecule has 1 unspecified atom stereocenters. The molecule has 0 radical (unpaired) electrons. The average Bonchev–Trinajstić information content (AvgIpc) is 3.44. The summed E-state index contributed by atoms with van der Waals surface area (Å²) in [6.45, 7) is 0.225. The van der Waals surface area contributed by atoms with Crippen molar-refractivity contribution >= 4 is 5.91 Å². The second-order valence-corrected chi connectivity index (χ2v) is 8.09. The summed E-state index contributed by atoms with van der Waals surface area (Å²) in [7, 11) is 0. The molecule has 33 heavy (non-hydrogen) atoms. The van der Waals surface area contributed by atoms with Crippen molar-refractivity contribution in [2.45, 2.75) is 24.7 Å². The van der Waals surface area contributed by atoms with E-state index >= 15 is 0 Å². The highest BCUT2D eigenvalue weighted by atomic mass is 19.1. The third-order valence-corrected chi connectivity index (χ3v) is 6.07. The summed E-state index contributed by atoms with van der Waals surface area (Å²) in [5.74, 6) is -3.72. The number of hydrogen-bond acceptors (Lipinski definition) is 4. The molecule has 2 aliphatic heterocycles. The Balaban J connectivity index is 1.57. The van der Waals surface area contributed by atoms with Crippen LogP contribution in [0.1, 0.15) is 34.3 Å². The Morgan fingerprint density at radius 1 is 0.939 bits per heavy atom. The molecule has 0 saturated carbocycles. The molecular weight excluding hydrogens is 435 g/mol. The van der Waals surface area contributed by atoms with Crippen molar-refractivity contribution in [2.24, 2.45) is 0 Å². The van der Waals surface area contributed by atoms with Gasteiger partial charge < -0.3 is 19.5 Å². The number of nitrogens with zero attached hydrogens (tertiary/aromatic N) is 1. The number of hydrogen-bond donors (Lipinski definition) is 1. The van der Waals surface area contributed by atoms with Gasteiger partial charge in [-0.2, -0.15) is 0 Å². The number of likely N-dealkylation sites (tertiary alicyclic amines) is 1. The predicted molar refractivity (Wildman–Crippen MR) is 112 cm³/mol. The zero-order valence-corrected chi connectivity index (χ0v) is 17.4. The Labute approximate surface area is 188 Å². The number of carbonyl (C=O) groups is 1. The number of amides is 1. The van der Waals surface area contributed by atoms with E-state index in [1.165, 1.54) is 59.5 Å². The second kappa shape index (κ2) is 8.12. The standard InChI is InChI=1S/C25H20F3NO4/c26-17-7-3-15(4-8-17)25(16-5-9-18(27)10-6-16)32-22-12-20(21(28)13-23(22)33-25)24(31)29-11-1-2-19(29)14-30/h3-10,12-13,19,30H,1-2,11,14H2. The molecule has 3 aromatic carbocycles. The Hall–Kier alpha value is -3.52. The van der Waals surface area contributed by atoms with Gasteiger partial charge in [0, 0.05) is 23.7 Å². The normalized spacial score (nSPS) is 18.5. The van der Waals surface area contributed by atoms with Crippen LogP contribution in [0.15, 0.2) is 60.7 Å². The second-order valence-electron chi connectivity index (χ2n) is 8.09. The predicted octanol–water partition coefficient (Wildman–Crippen LogP) is 4.37. The molecule has 5 nitrogen and oxygen atoms in total. The van der Waals surface area contributed by atoms with E-state index < -0.39 is 29.1 Å². The van der Waals surface area contributed by atoms with E-state index in [9.17, 15) is 23.1 Å². The Morgan fingerprint density at radius 2 is 1.48 bits per heavy atom. The third kappa shape index (κ3) is 3.60. The van der Waals surface area contributed by atoms with Gasteiger partial charge in [-0.25, -0.2) is 13.2 Å². The third-order valence-electron chi connectivity index (χ3n) is 6.07. The van der Waals surface area contributed by atoms with Crippen LogP contribution >= 0.6 is 0 Å². The van der Waals surface area contributed by atoms with Crippen molar-refractivity contribution in [1.29, 1.82) is 0 Å². The lowest BCUT2D eigenvalue weighted by Crippen LogP contribution is -2.38. The van der Waals surface area contributed by atoms with Crippen molar-refractivity contribution in [2.75, 3.05) is 13.2 Å². The number of aliphatic hydroxyl groups is 1. The Kier molecular flexibility index (Phi) is 5.25. The summed E-state index contributed by atoms with van der Waals surface area (Å²) in [4.78, 5) is 14.5. The summed E-state index contributed by atoms with van der Waals surface area (Å²) in [5, 5.41) is 9.53. The molecule has 0 spiro atoms. The molecule has 5 rings (SSSR count). The summed E-state index contributed by atoms with van der Waals surface area (Å²) in [6.07, 6.45) is 1.37. The number of aliphatic hydroxyl groups excluding tert-OH is 1. The van der Waals surface area contributed by atoms with Gasteiger partial charge in [-0.3, -0.25) is 4.79 Å². The van der Waals surface area contributed by atoms with Crippen LogP contribution in [0.5, 0.6) is 11.5 Å². The molecule has 8 heteroatoms. The van der Waals surface area contributed by atoms with Gasteiger partial charge in [-0.05, 0) is 67.4 Å². The fourth-order valence-electron chi connectivity index (χ4n) is 4.38. The number of halogens is 3. The molecule has 0 aliphatic carbocycles. The maximum atomic E-state index is 15.0. The van der Waals surface area contributed by atoms with Gasteiger partial charge >= 0.3 is 5.79 Å². The monoisotopic (exact) mass is 455 g/mol. The molecule has 1 fully saturated rings. The van der Waals surface area contributed by atoms with Gasteiger partial charge in [0.2, 0.25) is 0 Å². The van der Waals surface area contributed by atoms with Gasteiger partial charge in [0.05, 0.1) is 18.2 Å². The van der Waals surface area contributed by atoms with Gasteiger partial charge in [0.1, 0.15) is 17.5 Å². The lowest BCUT2D eigenvalue weighted by molar-refractivity contribution is -0.0460. The van der Waals surface area contributed by atoms with E-state index in [1.807, 2.05) is 0 Å². The van der Waals surface area contributed by atoms with E-state index in [2.05, 4.69) is 0 Å². The fourth-order valence-corrected chi connectivity index (χ4v) is 4.38. The van der Waals surface area contributed by atoms with Crippen LogP contribution in [0.2, 0.25) is 0 Å². The highest BCUT2D eigenvalue weighted by Crippen LogP contribution is 2.48. The van der Waals surface area contributed by atoms with Crippen molar-refractivity contribution in [3.8, 4) is 11.5 Å². The molecule has 1 atom stereocenters. The first-order valence-corrected chi connectivity index (χ1v) is 10.6. The van der Waals surface area contributed by atoms with Crippen LogP contribution in [0.25, 0.3) is 0 Å². The van der Waals surface area contributed by atoms with Crippen LogP contribution in [0.3, 0.4) is 0 Å². The number of ether oxygens (including phenoxy) is 2. The highest BCUT2D eigenvalue weighted by Gasteiger charge is 2.46. The number of rotatable bonds is 4. The molecule has 1 N–H and O–H groups in total. The van der Waals surface area contributed by atoms with E-state index in [1.54, 1.807) is 0 Å². The van der Waals surface area contributed by atoms with E-state index in [0.29, 0.717) is 24.1 Å². The molecule has 2 heterocycles. The SMILES string of the molecule is O=C(c1cc2c(cc1F)OC(c1ccc(F)cc1)(c1ccc(F)cc1)O2)N1CCCC1CO. The maximum absolute atomic E-state index is 15.0. The van der Waals surface area contributed by atoms with Gasteiger partial charge in [0.15, 0.2) is 11.5 Å². The summed E-state index contributed by atoms with van der Waals surface area (Å²) in [5.41, 5.74) is 0.603. The van der Waals surface area contributed by atoms with Crippen LogP contribution in [-0.4, -0.2) is 35.1 Å². The summed E-state index contributed by atoms with van der Waals surface area (Å²) >= 11 is 0. The molecule has 2 aliphatic rings. The van der Waals surface area contributed by atoms with Crippen molar-refractivity contribution < 1.29 is 32.5 Å². The molecule has 170 valence electrons. The zero-order valence-electron chi connectivity index (χ0n) is 17.4. The van der Waals surface area contributed by atoms with Crippen LogP contribution in [0, 0.1) is 17.5 Å². The maximum Gasteiger partial charge on any atom is 0.305 e. The van der Waals surface area contributed by atoms with Crippen LogP contribution < -0.4 is 9.47 Å². The lowest BCUT2D eigenvalue weighted by Gasteiger charge is -2.28. The summed E-state index contributed by atoms with van der Waals surface area (Å²) in [6, 6.07) is 12.7. The first kappa shape index (κ1) is 21.3. The number of fused-ring (bicyclic) bond motifs is 1. The zero-order chi connectivity index (χ0) is 23.2. The lowest BCUT2D eigenvalue weighted by atomic mass is 9.97. The minimum atomic E-state index is -1.63. The molecule has 0 bridgehead atoms. The van der Waals surface area contributed by atoms with Crippen LogP contribution in [-0.2, 0) is 5.79 Å². The van der Waals surface area contributed by atoms with Gasteiger partial charge in [-0.1, -0.05) is 0 Å². The minimum absolute atomic E-state index is 0.0535. The minimum Gasteiger partial charge on any atom is -0.440 e. The summed E-state index contributed by atoms with van der Waals surface area (Å²) < 4.78 is 54.4. The fraction of sp³-hybridized carbons (Fsp3) is 0.240. The van der Waals surface area contributed by atoms with Crippen molar-refractivity contribution in [3.63, 3.8) is 0 Å². The first-order valence-electron chi connectivity index (χ1n) is 10.6. The quantitative estimate of drug-likeness (QED) is 0.635. The molecule has 0 aromatic heterocycles. The van der Waals surface area contributed by atoms with E-state index in [0.717, 1.165) is 12.5 Å². The van der Waals surface area contributed by atoms with E-state index in [-0.39, 0.29) is 29.7 Å². The first-order chi connectivity index (χ1) is 15.9. The number of carbonyl (C=O) groups excluding carboxylic acids is 1. The van der Waals surface area contributed by atoms with Crippen LogP contribution in [0.4, 0.5) is 13.2 Å². The van der Waals surface area contributed by atoms with Gasteiger partial charge in [-0.15, -0.1) is 0 Å². The Bertz CT molecular complexity index is 1150. The average molecular weight is 455 g/mol.